The molecule has 0 aliphatic carbocycles. The summed E-state index contributed by atoms with van der Waals surface area (Å²) in [6.45, 7) is 0. The Hall–Kier alpha value is -3.87. The molecular weight excluding hydrogens is 355 g/mol. The van der Waals surface area contributed by atoms with Crippen LogP contribution in [0.4, 0.5) is 4.39 Å². The minimum atomic E-state index is -1.14. The van der Waals surface area contributed by atoms with Gasteiger partial charge in [-0.2, -0.15) is 0 Å². The molecule has 0 radical (unpaired) electrons. The summed E-state index contributed by atoms with van der Waals surface area (Å²) in [4.78, 5) is 22.1. The number of hydrogen-bond acceptors (Lipinski definition) is 4. The van der Waals surface area contributed by atoms with Crippen LogP contribution in [0.25, 0.3) is 0 Å². The summed E-state index contributed by atoms with van der Waals surface area (Å²) in [6, 6.07) is 15.3. The molecule has 136 valence electrons. The van der Waals surface area contributed by atoms with E-state index in [1.54, 1.807) is 0 Å². The van der Waals surface area contributed by atoms with E-state index < -0.39 is 17.8 Å². The molecule has 0 aromatic heterocycles. The Morgan fingerprint density at radius 3 is 1.81 bits per heavy atom. The summed E-state index contributed by atoms with van der Waals surface area (Å²) in [7, 11) is 0. The highest BCUT2D eigenvalue weighted by Crippen LogP contribution is 2.37. The number of rotatable bonds is 6. The Bertz CT molecular complexity index is 1010. The van der Waals surface area contributed by atoms with Gasteiger partial charge in [0, 0.05) is 0 Å². The number of hydrogen-bond donors (Lipinski definition) is 2. The lowest BCUT2D eigenvalue weighted by molar-refractivity contribution is 0.0685. The second-order valence-corrected chi connectivity index (χ2v) is 5.44. The van der Waals surface area contributed by atoms with E-state index in [0.717, 1.165) is 6.07 Å². The number of carboxylic acid groups (broad SMARTS) is 2. The molecule has 3 aromatic rings. The first-order chi connectivity index (χ1) is 12.9. The van der Waals surface area contributed by atoms with Crippen LogP contribution in [0.3, 0.4) is 0 Å². The van der Waals surface area contributed by atoms with Crippen LogP contribution < -0.4 is 9.47 Å². The Labute approximate surface area is 153 Å². The summed E-state index contributed by atoms with van der Waals surface area (Å²) in [5.74, 6) is -2.92. The summed E-state index contributed by atoms with van der Waals surface area (Å²) >= 11 is 0. The van der Waals surface area contributed by atoms with Crippen LogP contribution in [0.15, 0.2) is 66.7 Å². The minimum absolute atomic E-state index is 0.0123. The van der Waals surface area contributed by atoms with Crippen molar-refractivity contribution in [2.45, 2.75) is 0 Å². The molecular formula is C20H13FO6. The maximum Gasteiger partial charge on any atom is 0.335 e. The van der Waals surface area contributed by atoms with Crippen molar-refractivity contribution in [1.29, 1.82) is 0 Å². The molecule has 0 bridgehead atoms. The monoisotopic (exact) mass is 368 g/mol. The number of ether oxygens (including phenoxy) is 2. The number of carboxylic acids is 2. The molecule has 0 heterocycles. The maximum atomic E-state index is 14.3. The van der Waals surface area contributed by atoms with Crippen molar-refractivity contribution in [1.82, 2.24) is 0 Å². The lowest BCUT2D eigenvalue weighted by Crippen LogP contribution is -1.98. The first-order valence-corrected chi connectivity index (χ1v) is 7.75. The van der Waals surface area contributed by atoms with Crippen LogP contribution in [-0.4, -0.2) is 22.2 Å². The van der Waals surface area contributed by atoms with Crippen molar-refractivity contribution in [2.24, 2.45) is 0 Å². The third-order valence-electron chi connectivity index (χ3n) is 3.54. The van der Waals surface area contributed by atoms with Gasteiger partial charge in [0.1, 0.15) is 11.5 Å². The highest BCUT2D eigenvalue weighted by Gasteiger charge is 2.15. The molecule has 27 heavy (non-hydrogen) atoms. The van der Waals surface area contributed by atoms with Gasteiger partial charge >= 0.3 is 11.9 Å². The Balaban J connectivity index is 1.93. The lowest BCUT2D eigenvalue weighted by atomic mass is 10.2. The van der Waals surface area contributed by atoms with Crippen LogP contribution in [0.1, 0.15) is 20.7 Å². The summed E-state index contributed by atoms with van der Waals surface area (Å²) < 4.78 is 25.4. The van der Waals surface area contributed by atoms with E-state index >= 15 is 0 Å². The van der Waals surface area contributed by atoms with Crippen LogP contribution in [0.5, 0.6) is 23.0 Å². The SMILES string of the molecule is O=C(O)c1cccc(Oc2cccc(F)c2Oc2cccc(C(=O)O)c2)c1. The maximum absolute atomic E-state index is 14.3. The fourth-order valence-corrected chi connectivity index (χ4v) is 2.30. The molecule has 0 aliphatic rings. The van der Waals surface area contributed by atoms with E-state index in [9.17, 15) is 14.0 Å². The second kappa shape index (κ2) is 7.57. The third-order valence-corrected chi connectivity index (χ3v) is 3.54. The van der Waals surface area contributed by atoms with Gasteiger partial charge in [0.05, 0.1) is 11.1 Å². The fourth-order valence-electron chi connectivity index (χ4n) is 2.30. The Kier molecular flexibility index (Phi) is 5.03. The first-order valence-electron chi connectivity index (χ1n) is 7.75. The van der Waals surface area contributed by atoms with Gasteiger partial charge in [0.2, 0.25) is 5.75 Å². The van der Waals surface area contributed by atoms with Gasteiger partial charge in [-0.05, 0) is 48.5 Å². The van der Waals surface area contributed by atoms with Crippen molar-refractivity contribution >= 4 is 11.9 Å². The molecule has 0 saturated heterocycles. The number of benzene rings is 3. The zero-order valence-electron chi connectivity index (χ0n) is 13.8. The van der Waals surface area contributed by atoms with Crippen LogP contribution in [-0.2, 0) is 0 Å². The van der Waals surface area contributed by atoms with Gasteiger partial charge in [0.25, 0.3) is 0 Å². The highest BCUT2D eigenvalue weighted by molar-refractivity contribution is 5.88. The van der Waals surface area contributed by atoms with E-state index in [-0.39, 0.29) is 34.1 Å². The van der Waals surface area contributed by atoms with Crippen LogP contribution >= 0.6 is 0 Å². The Morgan fingerprint density at radius 1 is 0.741 bits per heavy atom. The first kappa shape index (κ1) is 17.9. The normalized spacial score (nSPS) is 10.3. The Morgan fingerprint density at radius 2 is 1.26 bits per heavy atom. The molecule has 6 nitrogen and oxygen atoms in total. The second-order valence-electron chi connectivity index (χ2n) is 5.44. The van der Waals surface area contributed by atoms with E-state index in [0.29, 0.717) is 0 Å². The van der Waals surface area contributed by atoms with Crippen molar-refractivity contribution in [3.8, 4) is 23.0 Å². The molecule has 2 N–H and O–H groups in total. The zero-order chi connectivity index (χ0) is 19.4. The molecule has 0 atom stereocenters. The topological polar surface area (TPSA) is 93.1 Å². The third kappa shape index (κ3) is 4.21. The van der Waals surface area contributed by atoms with Gasteiger partial charge in [0.15, 0.2) is 11.6 Å². The fraction of sp³-hybridized carbons (Fsp3) is 0. The van der Waals surface area contributed by atoms with Crippen molar-refractivity contribution in [3.63, 3.8) is 0 Å². The number of para-hydroxylation sites is 1. The summed E-state index contributed by atoms with van der Waals surface area (Å²) in [6.07, 6.45) is 0. The molecule has 0 saturated carbocycles. The predicted octanol–water partition coefficient (Wildman–Crippen LogP) is 4.81. The van der Waals surface area contributed by atoms with Crippen molar-refractivity contribution in [3.05, 3.63) is 83.7 Å². The molecule has 0 aliphatic heterocycles. The van der Waals surface area contributed by atoms with Crippen LogP contribution in [0.2, 0.25) is 0 Å². The predicted molar refractivity (Wildman–Crippen MR) is 93.4 cm³/mol. The number of halogens is 1. The van der Waals surface area contributed by atoms with Gasteiger partial charge in [-0.15, -0.1) is 0 Å². The van der Waals surface area contributed by atoms with Crippen molar-refractivity contribution < 1.29 is 33.7 Å². The smallest absolute Gasteiger partial charge is 0.335 e. The highest BCUT2D eigenvalue weighted by atomic mass is 19.1. The van der Waals surface area contributed by atoms with E-state index in [1.165, 1.54) is 60.7 Å². The average Bonchev–Trinajstić information content (AvgIpc) is 2.65. The minimum Gasteiger partial charge on any atom is -0.478 e. The largest absolute Gasteiger partial charge is 0.478 e. The molecule has 3 rings (SSSR count). The molecule has 7 heteroatoms. The lowest BCUT2D eigenvalue weighted by Gasteiger charge is -2.13. The van der Waals surface area contributed by atoms with E-state index in [4.69, 9.17) is 19.7 Å². The number of aromatic carboxylic acids is 2. The average molecular weight is 368 g/mol. The molecule has 0 spiro atoms. The van der Waals surface area contributed by atoms with Gasteiger partial charge in [-0.3, -0.25) is 0 Å². The molecule has 0 unspecified atom stereocenters. The van der Waals surface area contributed by atoms with Crippen molar-refractivity contribution in [2.75, 3.05) is 0 Å². The van der Waals surface area contributed by atoms with Gasteiger partial charge in [-0.1, -0.05) is 18.2 Å². The number of carbonyl (C=O) groups is 2. The summed E-state index contributed by atoms with van der Waals surface area (Å²) in [5, 5.41) is 18.1. The zero-order valence-corrected chi connectivity index (χ0v) is 13.8. The van der Waals surface area contributed by atoms with Gasteiger partial charge < -0.3 is 19.7 Å². The summed E-state index contributed by atoms with van der Waals surface area (Å²) in [5.41, 5.74) is 0.000924. The van der Waals surface area contributed by atoms with Gasteiger partial charge in [-0.25, -0.2) is 14.0 Å². The van der Waals surface area contributed by atoms with E-state index in [1.807, 2.05) is 0 Å². The van der Waals surface area contributed by atoms with Crippen LogP contribution in [0, 0.1) is 5.82 Å². The molecule has 3 aromatic carbocycles. The standard InChI is InChI=1S/C20H13FO6/c21-16-8-3-9-17(26-14-6-1-4-12(10-14)19(22)23)18(16)27-15-7-2-5-13(11-15)20(24)25/h1-11H,(H,22,23)(H,24,25). The quantitative estimate of drug-likeness (QED) is 0.649. The molecule has 0 fully saturated rings. The molecule has 0 amide bonds. The van der Waals surface area contributed by atoms with E-state index in [2.05, 4.69) is 0 Å².